The van der Waals surface area contributed by atoms with Crippen LogP contribution in [0.25, 0.3) is 0 Å². The Morgan fingerprint density at radius 1 is 1.02 bits per heavy atom. The van der Waals surface area contributed by atoms with Crippen molar-refractivity contribution in [2.24, 2.45) is 0 Å². The summed E-state index contributed by atoms with van der Waals surface area (Å²) in [6, 6.07) is 20.3. The topological polar surface area (TPSA) is 96.0 Å². The molecule has 0 saturated heterocycles. The molecule has 1 N–H and O–H groups in total. The first-order chi connectivity index (χ1) is 19.4. The van der Waals surface area contributed by atoms with Crippen molar-refractivity contribution in [3.63, 3.8) is 0 Å². The second-order valence-electron chi connectivity index (χ2n) is 9.76. The number of methoxy groups -OCH3 is 1. The van der Waals surface area contributed by atoms with Crippen LogP contribution in [0.2, 0.25) is 5.02 Å². The van der Waals surface area contributed by atoms with Gasteiger partial charge in [0, 0.05) is 28.5 Å². The van der Waals surface area contributed by atoms with Crippen molar-refractivity contribution in [3.05, 3.63) is 93.4 Å². The van der Waals surface area contributed by atoms with Crippen LogP contribution in [0.5, 0.6) is 5.75 Å². The van der Waals surface area contributed by atoms with Gasteiger partial charge < -0.3 is 15.0 Å². The van der Waals surface area contributed by atoms with E-state index in [9.17, 15) is 18.0 Å². The maximum Gasteiger partial charge on any atom is 0.244 e. The second-order valence-corrected chi connectivity index (χ2v) is 13.0. The number of benzene rings is 3. The number of ether oxygens (including phenoxy) is 1. The van der Waals surface area contributed by atoms with E-state index in [1.165, 1.54) is 24.1 Å². The van der Waals surface area contributed by atoms with Crippen LogP contribution in [0.1, 0.15) is 31.4 Å². The number of nitrogens with zero attached hydrogens (tertiary/aromatic N) is 2. The monoisotopic (exact) mass is 663 g/mol. The molecule has 41 heavy (non-hydrogen) atoms. The highest BCUT2D eigenvalue weighted by Crippen LogP contribution is 2.33. The Hall–Kier alpha value is -3.08. The van der Waals surface area contributed by atoms with E-state index in [1.807, 2.05) is 68.4 Å². The van der Waals surface area contributed by atoms with Gasteiger partial charge in [0.2, 0.25) is 21.8 Å². The minimum atomic E-state index is -3.96. The number of amides is 2. The third-order valence-corrected chi connectivity index (χ3v) is 8.52. The number of rotatable bonds is 13. The van der Waals surface area contributed by atoms with Crippen molar-refractivity contribution in [2.45, 2.75) is 45.3 Å². The van der Waals surface area contributed by atoms with Gasteiger partial charge in [-0.3, -0.25) is 13.9 Å². The van der Waals surface area contributed by atoms with Gasteiger partial charge in [0.05, 0.1) is 19.1 Å². The molecule has 3 aromatic rings. The zero-order valence-corrected chi connectivity index (χ0v) is 26.7. The van der Waals surface area contributed by atoms with Crippen LogP contribution in [0.3, 0.4) is 0 Å². The lowest BCUT2D eigenvalue weighted by atomic mass is 10.0. The molecule has 220 valence electrons. The van der Waals surface area contributed by atoms with E-state index in [-0.39, 0.29) is 41.4 Å². The Balaban J connectivity index is 2.10. The molecule has 0 unspecified atom stereocenters. The Bertz CT molecular complexity index is 1440. The fourth-order valence-electron chi connectivity index (χ4n) is 4.23. The smallest absolute Gasteiger partial charge is 0.244 e. The minimum Gasteiger partial charge on any atom is -0.495 e. The average Bonchev–Trinajstić information content (AvgIpc) is 2.94. The van der Waals surface area contributed by atoms with E-state index in [1.54, 1.807) is 6.07 Å². The first kappa shape index (κ1) is 32.4. The van der Waals surface area contributed by atoms with Gasteiger partial charge in [-0.2, -0.15) is 0 Å². The van der Waals surface area contributed by atoms with Gasteiger partial charge >= 0.3 is 0 Å². The lowest BCUT2D eigenvalue weighted by Crippen LogP contribution is -2.54. The number of hydrogen-bond acceptors (Lipinski definition) is 5. The second kappa shape index (κ2) is 14.7. The molecule has 3 rings (SSSR count). The minimum absolute atomic E-state index is 0.0851. The number of carbonyl (C=O) groups excluding carboxylic acids is 2. The molecule has 0 bridgehead atoms. The van der Waals surface area contributed by atoms with Crippen LogP contribution in [0.4, 0.5) is 5.69 Å². The SMILES string of the molecule is CC[C@H](C)NC(=O)[C@H](Cc1ccccc1)N(Cc1ccc(Br)cc1)C(=O)CN(c1cc(Cl)ccc1OC)S(C)(=O)=O. The number of anilines is 1. The number of nitrogens with one attached hydrogen (secondary N) is 1. The van der Waals surface area contributed by atoms with E-state index in [4.69, 9.17) is 16.3 Å². The van der Waals surface area contributed by atoms with Crippen molar-refractivity contribution in [3.8, 4) is 5.75 Å². The molecule has 0 heterocycles. The van der Waals surface area contributed by atoms with Crippen LogP contribution in [0, 0.1) is 0 Å². The maximum atomic E-state index is 14.2. The van der Waals surface area contributed by atoms with Gasteiger partial charge in [0.1, 0.15) is 18.3 Å². The summed E-state index contributed by atoms with van der Waals surface area (Å²) in [5, 5.41) is 3.29. The van der Waals surface area contributed by atoms with Crippen molar-refractivity contribution in [1.82, 2.24) is 10.2 Å². The number of halogens is 2. The summed E-state index contributed by atoms with van der Waals surface area (Å²) >= 11 is 9.63. The number of sulfonamides is 1. The zero-order valence-electron chi connectivity index (χ0n) is 23.5. The molecule has 0 spiro atoms. The summed E-state index contributed by atoms with van der Waals surface area (Å²) in [6.07, 6.45) is 1.96. The van der Waals surface area contributed by atoms with E-state index < -0.39 is 28.5 Å². The quantitative estimate of drug-likeness (QED) is 0.263. The average molecular weight is 665 g/mol. The van der Waals surface area contributed by atoms with Crippen LogP contribution in [0.15, 0.2) is 77.3 Å². The summed E-state index contributed by atoms with van der Waals surface area (Å²) < 4.78 is 33.2. The first-order valence-corrected chi connectivity index (χ1v) is 16.1. The van der Waals surface area contributed by atoms with Gasteiger partial charge in [-0.15, -0.1) is 0 Å². The fourth-order valence-corrected chi connectivity index (χ4v) is 5.51. The number of carbonyl (C=O) groups is 2. The molecule has 11 heteroatoms. The van der Waals surface area contributed by atoms with Crippen molar-refractivity contribution in [1.29, 1.82) is 0 Å². The van der Waals surface area contributed by atoms with Gasteiger partial charge in [0.15, 0.2) is 0 Å². The van der Waals surface area contributed by atoms with Crippen molar-refractivity contribution >= 4 is 55.1 Å². The lowest BCUT2D eigenvalue weighted by molar-refractivity contribution is -0.140. The molecular formula is C30H35BrClN3O5S. The summed E-state index contributed by atoms with van der Waals surface area (Å²) in [6.45, 7) is 3.38. The Kier molecular flexibility index (Phi) is 11.6. The van der Waals surface area contributed by atoms with Gasteiger partial charge in [0.25, 0.3) is 0 Å². The van der Waals surface area contributed by atoms with E-state index >= 15 is 0 Å². The molecule has 2 amide bonds. The van der Waals surface area contributed by atoms with Gasteiger partial charge in [-0.25, -0.2) is 8.42 Å². The lowest BCUT2D eigenvalue weighted by Gasteiger charge is -2.34. The predicted octanol–water partition coefficient (Wildman–Crippen LogP) is 5.43. The molecule has 0 aliphatic heterocycles. The summed E-state index contributed by atoms with van der Waals surface area (Å²) in [4.78, 5) is 29.3. The molecular weight excluding hydrogens is 630 g/mol. The van der Waals surface area contributed by atoms with E-state index in [2.05, 4.69) is 21.2 Å². The van der Waals surface area contributed by atoms with Crippen LogP contribution in [-0.4, -0.2) is 57.1 Å². The Labute approximate surface area is 255 Å². The Morgan fingerprint density at radius 3 is 2.27 bits per heavy atom. The molecule has 0 saturated carbocycles. The van der Waals surface area contributed by atoms with Gasteiger partial charge in [-0.05, 0) is 54.8 Å². The maximum absolute atomic E-state index is 14.2. The summed E-state index contributed by atoms with van der Waals surface area (Å²) in [5.74, 6) is -0.636. The third-order valence-electron chi connectivity index (χ3n) is 6.63. The molecule has 0 aromatic heterocycles. The highest BCUT2D eigenvalue weighted by atomic mass is 79.9. The molecule has 8 nitrogen and oxygen atoms in total. The summed E-state index contributed by atoms with van der Waals surface area (Å²) in [5.41, 5.74) is 1.77. The zero-order chi connectivity index (χ0) is 30.2. The predicted molar refractivity (Wildman–Crippen MR) is 167 cm³/mol. The molecule has 3 aromatic carbocycles. The van der Waals surface area contributed by atoms with Crippen LogP contribution in [-0.2, 0) is 32.6 Å². The molecule has 0 aliphatic rings. The highest BCUT2D eigenvalue weighted by molar-refractivity contribution is 9.10. The van der Waals surface area contributed by atoms with Crippen molar-refractivity contribution < 1.29 is 22.7 Å². The van der Waals surface area contributed by atoms with Crippen LogP contribution >= 0.6 is 27.5 Å². The number of hydrogen-bond donors (Lipinski definition) is 1. The third kappa shape index (κ3) is 9.21. The Morgan fingerprint density at radius 2 is 1.68 bits per heavy atom. The molecule has 2 atom stereocenters. The van der Waals surface area contributed by atoms with Crippen LogP contribution < -0.4 is 14.4 Å². The van der Waals surface area contributed by atoms with E-state index in [0.717, 1.165) is 26.2 Å². The van der Waals surface area contributed by atoms with Crippen molar-refractivity contribution in [2.75, 3.05) is 24.2 Å². The normalized spacial score (nSPS) is 12.7. The fraction of sp³-hybridized carbons (Fsp3) is 0.333. The molecule has 0 fully saturated rings. The van der Waals surface area contributed by atoms with Gasteiger partial charge in [-0.1, -0.05) is 76.9 Å². The standard InChI is InChI=1S/C30H35BrClN3O5S/c1-5-21(2)33-30(37)27(17-22-9-7-6-8-10-22)34(19-23-11-13-24(31)14-12-23)29(36)20-35(41(4,38)39)26-18-25(32)15-16-28(26)40-3/h6-16,18,21,27H,5,17,19-20H2,1-4H3,(H,33,37)/t21-,27-/m0/s1. The summed E-state index contributed by atoms with van der Waals surface area (Å²) in [7, 11) is -2.55. The van der Waals surface area contributed by atoms with E-state index in [0.29, 0.717) is 6.42 Å². The largest absolute Gasteiger partial charge is 0.495 e. The molecule has 0 aliphatic carbocycles. The highest BCUT2D eigenvalue weighted by Gasteiger charge is 2.34. The first-order valence-electron chi connectivity index (χ1n) is 13.1. The molecule has 0 radical (unpaired) electrons.